The first-order valence-corrected chi connectivity index (χ1v) is 9.76. The van der Waals surface area contributed by atoms with Crippen LogP contribution < -0.4 is 4.40 Å². The molecule has 0 N–H and O–H groups in total. The SMILES string of the molecule is CC[N-]C.CC[N-]C.CC[N-]C.[F][GeH]([F])[c-]1cccc1.[Zr+4]. The van der Waals surface area contributed by atoms with Gasteiger partial charge in [-0.15, -0.1) is 0 Å². The summed E-state index contributed by atoms with van der Waals surface area (Å²) >= 11 is -3.89. The minimum Gasteiger partial charge on any atom is 4.00 e. The van der Waals surface area contributed by atoms with E-state index in [1.807, 2.05) is 20.8 Å². The molecule has 0 amide bonds. The molecule has 0 saturated heterocycles. The Balaban J connectivity index is -0.0000000973. The maximum absolute atomic E-state index is 11.8. The van der Waals surface area contributed by atoms with Crippen molar-refractivity contribution in [2.24, 2.45) is 0 Å². The van der Waals surface area contributed by atoms with Gasteiger partial charge in [0.05, 0.1) is 0 Å². The zero-order valence-corrected chi connectivity index (χ0v) is 19.0. The quantitative estimate of drug-likeness (QED) is 0.504. The summed E-state index contributed by atoms with van der Waals surface area (Å²) in [6, 6.07) is 6.27. The third-order valence-corrected chi connectivity index (χ3v) is 3.75. The molecule has 21 heavy (non-hydrogen) atoms. The summed E-state index contributed by atoms with van der Waals surface area (Å²) in [5.41, 5.74) is 0. The Labute approximate surface area is 154 Å². The molecule has 1 aromatic carbocycles. The molecule has 1 aromatic rings. The molecule has 0 fully saturated rings. The maximum Gasteiger partial charge on any atom is 4.00 e. The summed E-state index contributed by atoms with van der Waals surface area (Å²) in [5, 5.41) is 11.2. The molecule has 0 spiro atoms. The second kappa shape index (κ2) is 28.6. The molecular weight excluding hydrogens is 412 g/mol. The molecule has 7 heteroatoms. The minimum absolute atomic E-state index is 0. The van der Waals surface area contributed by atoms with Crippen molar-refractivity contribution in [1.29, 1.82) is 0 Å². The summed E-state index contributed by atoms with van der Waals surface area (Å²) in [5.74, 6) is 0. The molecule has 0 aliphatic heterocycles. The molecule has 0 aromatic heterocycles. The number of rotatable bonds is 4. The predicted molar refractivity (Wildman–Crippen MR) is 90.5 cm³/mol. The molecule has 0 unspecified atom stereocenters. The van der Waals surface area contributed by atoms with Gasteiger partial charge < -0.3 is 16.0 Å². The first-order chi connectivity index (χ1) is 9.55. The molecule has 0 aliphatic rings. The van der Waals surface area contributed by atoms with Crippen molar-refractivity contribution < 1.29 is 33.2 Å². The van der Waals surface area contributed by atoms with Crippen molar-refractivity contribution >= 4 is 19.7 Å². The van der Waals surface area contributed by atoms with Gasteiger partial charge >= 0.3 is 77.1 Å². The molecule has 3 nitrogen and oxygen atoms in total. The van der Waals surface area contributed by atoms with Gasteiger partial charge in [0.25, 0.3) is 0 Å². The van der Waals surface area contributed by atoms with Crippen LogP contribution in [0.3, 0.4) is 0 Å². The van der Waals surface area contributed by atoms with Gasteiger partial charge in [-0.05, 0) is 0 Å². The average Bonchev–Trinajstić information content (AvgIpc) is 3.02. The zero-order chi connectivity index (χ0) is 16.2. The monoisotopic (exact) mass is 441 g/mol. The molecular formula is C14H29F2GeN3Zr. The third kappa shape index (κ3) is 33.4. The van der Waals surface area contributed by atoms with Gasteiger partial charge in [-0.25, -0.2) is 0 Å². The van der Waals surface area contributed by atoms with E-state index in [-0.39, 0.29) is 30.6 Å². The zero-order valence-electron chi connectivity index (χ0n) is 14.1. The van der Waals surface area contributed by atoms with Crippen molar-refractivity contribution in [2.75, 3.05) is 40.8 Å². The molecule has 0 saturated carbocycles. The summed E-state index contributed by atoms with van der Waals surface area (Å²) < 4.78 is 23.9. The first kappa shape index (κ1) is 29.5. The number of nitrogens with zero attached hydrogens (tertiary/aromatic N) is 3. The molecule has 0 radical (unpaired) electrons. The van der Waals surface area contributed by atoms with Crippen molar-refractivity contribution in [1.82, 2.24) is 0 Å². The Hall–Kier alpha value is 0.516. The van der Waals surface area contributed by atoms with Gasteiger partial charge in [0.2, 0.25) is 0 Å². The Morgan fingerprint density at radius 1 is 0.810 bits per heavy atom. The second-order valence-electron chi connectivity index (χ2n) is 3.42. The summed E-state index contributed by atoms with van der Waals surface area (Å²) in [6.07, 6.45) is 0. The Morgan fingerprint density at radius 3 is 1.14 bits per heavy atom. The van der Waals surface area contributed by atoms with E-state index in [2.05, 4.69) is 16.0 Å². The Bertz CT molecular complexity index is 223. The molecule has 0 heterocycles. The van der Waals surface area contributed by atoms with E-state index in [1.165, 1.54) is 12.1 Å². The van der Waals surface area contributed by atoms with Gasteiger partial charge in [0.15, 0.2) is 0 Å². The standard InChI is InChI=1S/C5H5F2Ge.3C3H8N.Zr/c6-8(7)5-3-1-2-4-5;3*1-3-4-2;/h1-4,8H;3*3H2,1-2H3;/q4*-1;+4. The van der Waals surface area contributed by atoms with Gasteiger partial charge in [-0.2, -0.15) is 40.8 Å². The van der Waals surface area contributed by atoms with Crippen molar-refractivity contribution in [3.8, 4) is 0 Å². The van der Waals surface area contributed by atoms with E-state index in [0.29, 0.717) is 0 Å². The Morgan fingerprint density at radius 2 is 1.05 bits per heavy atom. The van der Waals surface area contributed by atoms with E-state index < -0.39 is 15.3 Å². The fourth-order valence-electron chi connectivity index (χ4n) is 0.534. The third-order valence-electron chi connectivity index (χ3n) is 1.89. The van der Waals surface area contributed by atoms with E-state index in [4.69, 9.17) is 0 Å². The fourth-order valence-corrected chi connectivity index (χ4v) is 1.61. The van der Waals surface area contributed by atoms with Crippen molar-refractivity contribution in [2.45, 2.75) is 20.8 Å². The first-order valence-electron chi connectivity index (χ1n) is 6.71. The normalized spacial score (nSPS) is 8.24. The van der Waals surface area contributed by atoms with E-state index >= 15 is 0 Å². The van der Waals surface area contributed by atoms with Gasteiger partial charge in [-0.1, -0.05) is 20.8 Å². The van der Waals surface area contributed by atoms with Crippen LogP contribution in [-0.4, -0.2) is 56.1 Å². The summed E-state index contributed by atoms with van der Waals surface area (Å²) in [4.78, 5) is 0. The van der Waals surface area contributed by atoms with Crippen LogP contribution in [0.1, 0.15) is 20.8 Å². The second-order valence-corrected chi connectivity index (χ2v) is 6.08. The average molecular weight is 441 g/mol. The van der Waals surface area contributed by atoms with Crippen LogP contribution in [0.4, 0.5) is 7.00 Å². The van der Waals surface area contributed by atoms with Gasteiger partial charge in [0, 0.05) is 0 Å². The van der Waals surface area contributed by atoms with Crippen LogP contribution in [0.25, 0.3) is 16.0 Å². The van der Waals surface area contributed by atoms with E-state index in [9.17, 15) is 7.00 Å². The minimum atomic E-state index is -3.89. The maximum atomic E-state index is 11.8. The van der Waals surface area contributed by atoms with Crippen LogP contribution in [0.2, 0.25) is 0 Å². The van der Waals surface area contributed by atoms with Crippen LogP contribution in [0.5, 0.6) is 0 Å². The van der Waals surface area contributed by atoms with Crippen LogP contribution >= 0.6 is 0 Å². The number of halogens is 2. The topological polar surface area (TPSA) is 42.3 Å². The van der Waals surface area contributed by atoms with Crippen molar-refractivity contribution in [3.63, 3.8) is 0 Å². The smallest absolute Gasteiger partial charge is 4.00 e. The van der Waals surface area contributed by atoms with Crippen LogP contribution in [-0.2, 0) is 26.2 Å². The molecule has 0 bridgehead atoms. The molecule has 0 aliphatic carbocycles. The molecule has 0 atom stereocenters. The van der Waals surface area contributed by atoms with E-state index in [0.717, 1.165) is 19.6 Å². The van der Waals surface area contributed by atoms with Gasteiger partial charge in [0.1, 0.15) is 0 Å². The number of hydrogen-bond donors (Lipinski definition) is 0. The largest absolute Gasteiger partial charge is 4.00 e. The molecule has 1 rings (SSSR count). The fraction of sp³-hybridized carbons (Fsp3) is 0.643. The number of hydrogen-bond acceptors (Lipinski definition) is 0. The van der Waals surface area contributed by atoms with Crippen LogP contribution in [0, 0.1) is 0 Å². The van der Waals surface area contributed by atoms with Crippen molar-refractivity contribution in [3.05, 3.63) is 40.2 Å². The molecule has 122 valence electrons. The van der Waals surface area contributed by atoms with Crippen LogP contribution in [0.15, 0.2) is 24.3 Å². The predicted octanol–water partition coefficient (Wildman–Crippen LogP) is 3.80. The Kier molecular flexibility index (Phi) is 40.3. The van der Waals surface area contributed by atoms with Gasteiger partial charge in [-0.3, -0.25) is 0 Å². The summed E-state index contributed by atoms with van der Waals surface area (Å²) in [7, 11) is 5.42. The summed E-state index contributed by atoms with van der Waals surface area (Å²) in [6.45, 7) is 8.88. The van der Waals surface area contributed by atoms with E-state index in [1.54, 1.807) is 33.3 Å².